The van der Waals surface area contributed by atoms with Crippen molar-refractivity contribution in [2.75, 3.05) is 27.2 Å². The van der Waals surface area contributed by atoms with Crippen LogP contribution in [0.25, 0.3) is 0 Å². The molecule has 1 saturated carbocycles. The molecule has 0 amide bonds. The lowest BCUT2D eigenvalue weighted by atomic mass is 9.88. The van der Waals surface area contributed by atoms with E-state index in [0.29, 0.717) is 12.1 Å². The van der Waals surface area contributed by atoms with Gasteiger partial charge in [0.2, 0.25) is 0 Å². The van der Waals surface area contributed by atoms with Gasteiger partial charge in [-0.15, -0.1) is 0 Å². The summed E-state index contributed by atoms with van der Waals surface area (Å²) in [6.07, 6.45) is 2.85. The fourth-order valence-electron chi connectivity index (χ4n) is 1.48. The Morgan fingerprint density at radius 2 is 2.18 bits per heavy atom. The lowest BCUT2D eigenvalue weighted by Crippen LogP contribution is -2.47. The molecule has 0 aromatic carbocycles. The molecule has 1 fully saturated rings. The van der Waals surface area contributed by atoms with Crippen molar-refractivity contribution in [1.29, 1.82) is 0 Å². The van der Waals surface area contributed by atoms with Crippen LogP contribution >= 0.6 is 0 Å². The molecule has 66 valence electrons. The van der Waals surface area contributed by atoms with E-state index in [2.05, 4.69) is 11.9 Å². The summed E-state index contributed by atoms with van der Waals surface area (Å²) >= 11 is 0. The minimum atomic E-state index is 0.500. The van der Waals surface area contributed by atoms with Gasteiger partial charge in [0.05, 0.1) is 6.10 Å². The Labute approximate surface area is 68.5 Å². The Morgan fingerprint density at radius 1 is 1.55 bits per heavy atom. The SMILES string of the molecule is COC1CC(N(C)CCN)C1. The first kappa shape index (κ1) is 8.97. The summed E-state index contributed by atoms with van der Waals surface area (Å²) in [6, 6.07) is 0.712. The van der Waals surface area contributed by atoms with Crippen molar-refractivity contribution in [2.45, 2.75) is 25.0 Å². The van der Waals surface area contributed by atoms with Crippen molar-refractivity contribution < 1.29 is 4.74 Å². The maximum absolute atomic E-state index is 5.44. The van der Waals surface area contributed by atoms with E-state index < -0.39 is 0 Å². The average molecular weight is 158 g/mol. The maximum Gasteiger partial charge on any atom is 0.0601 e. The van der Waals surface area contributed by atoms with Crippen LogP contribution in [0.4, 0.5) is 0 Å². The van der Waals surface area contributed by atoms with E-state index in [-0.39, 0.29) is 0 Å². The van der Waals surface area contributed by atoms with E-state index in [9.17, 15) is 0 Å². The highest BCUT2D eigenvalue weighted by molar-refractivity contribution is 4.86. The van der Waals surface area contributed by atoms with Crippen molar-refractivity contribution in [3.63, 3.8) is 0 Å². The van der Waals surface area contributed by atoms with Gasteiger partial charge in [0, 0.05) is 26.2 Å². The first-order chi connectivity index (χ1) is 5.27. The number of likely N-dealkylation sites (N-methyl/N-ethyl adjacent to an activating group) is 1. The summed E-state index contributed by atoms with van der Waals surface area (Å²) < 4.78 is 5.19. The van der Waals surface area contributed by atoms with Crippen molar-refractivity contribution in [1.82, 2.24) is 4.90 Å². The van der Waals surface area contributed by atoms with Gasteiger partial charge >= 0.3 is 0 Å². The predicted octanol–water partition coefficient (Wildman–Crippen LogP) is 0.0543. The van der Waals surface area contributed by atoms with E-state index in [1.54, 1.807) is 7.11 Å². The fourth-order valence-corrected chi connectivity index (χ4v) is 1.48. The molecule has 0 atom stereocenters. The molecule has 0 unspecified atom stereocenters. The van der Waals surface area contributed by atoms with Crippen LogP contribution in [0.15, 0.2) is 0 Å². The second kappa shape index (κ2) is 4.04. The molecule has 3 heteroatoms. The van der Waals surface area contributed by atoms with Gasteiger partial charge in [0.1, 0.15) is 0 Å². The van der Waals surface area contributed by atoms with Crippen LogP contribution in [0, 0.1) is 0 Å². The zero-order valence-electron chi connectivity index (χ0n) is 7.42. The highest BCUT2D eigenvalue weighted by Gasteiger charge is 2.31. The number of rotatable bonds is 4. The van der Waals surface area contributed by atoms with Crippen LogP contribution in [0.3, 0.4) is 0 Å². The van der Waals surface area contributed by atoms with Crippen molar-refractivity contribution in [2.24, 2.45) is 5.73 Å². The summed E-state index contributed by atoms with van der Waals surface area (Å²) in [5.74, 6) is 0. The van der Waals surface area contributed by atoms with Crippen LogP contribution in [0.2, 0.25) is 0 Å². The molecule has 0 heterocycles. The van der Waals surface area contributed by atoms with Gasteiger partial charge < -0.3 is 15.4 Å². The van der Waals surface area contributed by atoms with Crippen LogP contribution in [0.5, 0.6) is 0 Å². The first-order valence-corrected chi connectivity index (χ1v) is 4.21. The molecule has 0 spiro atoms. The Hall–Kier alpha value is -0.120. The van der Waals surface area contributed by atoms with Gasteiger partial charge in [-0.25, -0.2) is 0 Å². The molecule has 1 aliphatic rings. The van der Waals surface area contributed by atoms with Gasteiger partial charge in [-0.1, -0.05) is 0 Å². The van der Waals surface area contributed by atoms with Gasteiger partial charge in [-0.05, 0) is 19.9 Å². The Morgan fingerprint density at radius 3 is 2.64 bits per heavy atom. The van der Waals surface area contributed by atoms with Crippen molar-refractivity contribution in [3.05, 3.63) is 0 Å². The zero-order chi connectivity index (χ0) is 8.27. The molecule has 0 aliphatic heterocycles. The van der Waals surface area contributed by atoms with Crippen molar-refractivity contribution >= 4 is 0 Å². The molecular formula is C8H18N2O. The van der Waals surface area contributed by atoms with Crippen LogP contribution < -0.4 is 5.73 Å². The lowest BCUT2D eigenvalue weighted by Gasteiger charge is -2.40. The maximum atomic E-state index is 5.44. The number of hydrogen-bond acceptors (Lipinski definition) is 3. The fraction of sp³-hybridized carbons (Fsp3) is 1.00. The van der Waals surface area contributed by atoms with Crippen LogP contribution in [0.1, 0.15) is 12.8 Å². The molecule has 2 N–H and O–H groups in total. The minimum Gasteiger partial charge on any atom is -0.381 e. The van der Waals surface area contributed by atoms with E-state index >= 15 is 0 Å². The third-order valence-electron chi connectivity index (χ3n) is 2.51. The van der Waals surface area contributed by atoms with E-state index in [4.69, 9.17) is 10.5 Å². The molecule has 3 nitrogen and oxygen atoms in total. The molecular weight excluding hydrogens is 140 g/mol. The summed E-state index contributed by atoms with van der Waals surface area (Å²) in [5, 5.41) is 0. The zero-order valence-corrected chi connectivity index (χ0v) is 7.42. The van der Waals surface area contributed by atoms with Crippen LogP contribution in [-0.2, 0) is 4.74 Å². The standard InChI is InChI=1S/C8H18N2O/c1-10(4-3-9)7-5-8(6-7)11-2/h7-8H,3-6,9H2,1-2H3. The second-order valence-electron chi connectivity index (χ2n) is 3.25. The minimum absolute atomic E-state index is 0.500. The van der Waals surface area contributed by atoms with Crippen molar-refractivity contribution in [3.8, 4) is 0 Å². The molecule has 0 radical (unpaired) electrons. The first-order valence-electron chi connectivity index (χ1n) is 4.21. The van der Waals surface area contributed by atoms with E-state index in [1.165, 1.54) is 12.8 Å². The molecule has 0 aromatic heterocycles. The monoisotopic (exact) mass is 158 g/mol. The number of ether oxygens (including phenoxy) is 1. The van der Waals surface area contributed by atoms with Gasteiger partial charge in [-0.2, -0.15) is 0 Å². The number of nitrogens with zero attached hydrogens (tertiary/aromatic N) is 1. The van der Waals surface area contributed by atoms with E-state index in [0.717, 1.165) is 13.1 Å². The van der Waals surface area contributed by atoms with Gasteiger partial charge in [-0.3, -0.25) is 0 Å². The Balaban J connectivity index is 2.10. The highest BCUT2D eigenvalue weighted by atomic mass is 16.5. The smallest absolute Gasteiger partial charge is 0.0601 e. The molecule has 1 aliphatic carbocycles. The van der Waals surface area contributed by atoms with Crippen LogP contribution in [-0.4, -0.2) is 44.3 Å². The molecule has 0 bridgehead atoms. The Bertz CT molecular complexity index is 113. The molecule has 1 rings (SSSR count). The summed E-state index contributed by atoms with van der Waals surface area (Å²) in [7, 11) is 3.91. The normalized spacial score (nSPS) is 30.5. The topological polar surface area (TPSA) is 38.5 Å². The molecule has 0 aromatic rings. The summed E-state index contributed by atoms with van der Waals surface area (Å²) in [6.45, 7) is 1.76. The van der Waals surface area contributed by atoms with Gasteiger partial charge in [0.15, 0.2) is 0 Å². The molecule has 0 saturated heterocycles. The number of nitrogens with two attached hydrogens (primary N) is 1. The largest absolute Gasteiger partial charge is 0.381 e. The second-order valence-corrected chi connectivity index (χ2v) is 3.25. The highest BCUT2D eigenvalue weighted by Crippen LogP contribution is 2.26. The summed E-state index contributed by atoms with van der Waals surface area (Å²) in [4.78, 5) is 2.32. The van der Waals surface area contributed by atoms with E-state index in [1.807, 2.05) is 0 Å². The van der Waals surface area contributed by atoms with Gasteiger partial charge in [0.25, 0.3) is 0 Å². The third kappa shape index (κ3) is 2.15. The summed E-state index contributed by atoms with van der Waals surface area (Å²) in [5.41, 5.74) is 5.44. The lowest BCUT2D eigenvalue weighted by molar-refractivity contribution is -0.0185. The quantitative estimate of drug-likeness (QED) is 0.628. The number of methoxy groups -OCH3 is 1. The Kier molecular flexibility index (Phi) is 3.30. The predicted molar refractivity (Wildman–Crippen MR) is 45.5 cm³/mol. The average Bonchev–Trinajstić information content (AvgIpc) is 1.86. The third-order valence-corrected chi connectivity index (χ3v) is 2.51. The number of hydrogen-bond donors (Lipinski definition) is 1. The molecule has 11 heavy (non-hydrogen) atoms.